The van der Waals surface area contributed by atoms with E-state index in [1.165, 1.54) is 12.1 Å². The monoisotopic (exact) mass is 374 g/mol. The average Bonchev–Trinajstić information content (AvgIpc) is 3.02. The molecule has 3 aromatic rings. The molecule has 7 heteroatoms. The molecule has 0 spiro atoms. The number of nitrogens with zero attached hydrogens (tertiary/aromatic N) is 2. The molecule has 0 bridgehead atoms. The fourth-order valence-corrected chi connectivity index (χ4v) is 2.75. The first-order chi connectivity index (χ1) is 13.6. The number of rotatable bonds is 5. The number of Topliss-reactive ketones (excluding diaryl/α,β-unsaturated/α-hetero) is 1. The van der Waals surface area contributed by atoms with Crippen LogP contribution in [0, 0.1) is 10.1 Å². The van der Waals surface area contributed by atoms with Gasteiger partial charge in [0.2, 0.25) is 5.78 Å². The summed E-state index contributed by atoms with van der Waals surface area (Å²) in [6, 6.07) is 14.7. The fraction of sp³-hybridized carbons (Fsp3) is 0.0476. The minimum atomic E-state index is -0.448. The van der Waals surface area contributed by atoms with Crippen LogP contribution in [0.4, 0.5) is 5.69 Å². The number of nitro groups is 1. The lowest BCUT2D eigenvalue weighted by Crippen LogP contribution is -1.98. The van der Waals surface area contributed by atoms with Crippen molar-refractivity contribution < 1.29 is 19.2 Å². The zero-order valence-corrected chi connectivity index (χ0v) is 14.6. The number of aromatic nitrogens is 1. The van der Waals surface area contributed by atoms with Crippen molar-refractivity contribution >= 4 is 17.5 Å². The summed E-state index contributed by atoms with van der Waals surface area (Å²) >= 11 is 0. The number of ketones is 1. The predicted molar refractivity (Wildman–Crippen MR) is 101 cm³/mol. The van der Waals surface area contributed by atoms with Gasteiger partial charge < -0.3 is 9.47 Å². The Hall–Kier alpha value is -4.00. The molecule has 2 heterocycles. The van der Waals surface area contributed by atoms with Crippen molar-refractivity contribution in [1.29, 1.82) is 0 Å². The van der Waals surface area contributed by atoms with Crippen molar-refractivity contribution in [1.82, 2.24) is 4.98 Å². The SMILES string of the molecule is O=C1/C(=C/c2ccncc2)Oc2cc(OCc3ccc([N+](=O)[O-])cc3)ccc21. The van der Waals surface area contributed by atoms with Gasteiger partial charge in [-0.3, -0.25) is 19.9 Å². The maximum Gasteiger partial charge on any atom is 0.269 e. The van der Waals surface area contributed by atoms with Crippen molar-refractivity contribution in [3.8, 4) is 11.5 Å². The Morgan fingerprint density at radius 3 is 2.54 bits per heavy atom. The van der Waals surface area contributed by atoms with Gasteiger partial charge in [-0.05, 0) is 53.6 Å². The van der Waals surface area contributed by atoms with Gasteiger partial charge in [0.25, 0.3) is 5.69 Å². The van der Waals surface area contributed by atoms with Crippen LogP contribution in [0.1, 0.15) is 21.5 Å². The first kappa shape index (κ1) is 17.4. The van der Waals surface area contributed by atoms with Crippen LogP contribution < -0.4 is 9.47 Å². The molecule has 0 atom stereocenters. The summed E-state index contributed by atoms with van der Waals surface area (Å²) in [4.78, 5) is 26.7. The van der Waals surface area contributed by atoms with Crippen molar-refractivity contribution in [3.05, 3.63) is 99.6 Å². The quantitative estimate of drug-likeness (QED) is 0.378. The summed E-state index contributed by atoms with van der Waals surface area (Å²) in [5.41, 5.74) is 2.12. The van der Waals surface area contributed by atoms with Crippen molar-refractivity contribution in [3.63, 3.8) is 0 Å². The van der Waals surface area contributed by atoms with Crippen molar-refractivity contribution in [2.45, 2.75) is 6.61 Å². The number of fused-ring (bicyclic) bond motifs is 1. The van der Waals surface area contributed by atoms with Gasteiger partial charge in [-0.15, -0.1) is 0 Å². The second kappa shape index (κ2) is 7.32. The molecule has 0 fully saturated rings. The zero-order valence-electron chi connectivity index (χ0n) is 14.6. The summed E-state index contributed by atoms with van der Waals surface area (Å²) in [5, 5.41) is 10.7. The lowest BCUT2D eigenvalue weighted by Gasteiger charge is -2.07. The van der Waals surface area contributed by atoms with Gasteiger partial charge in [0.05, 0.1) is 10.5 Å². The number of benzene rings is 2. The number of carbonyl (C=O) groups is 1. The predicted octanol–water partition coefficient (Wildman–Crippen LogP) is 4.19. The number of hydrogen-bond acceptors (Lipinski definition) is 6. The third kappa shape index (κ3) is 3.59. The van der Waals surface area contributed by atoms with E-state index in [4.69, 9.17) is 9.47 Å². The lowest BCUT2D eigenvalue weighted by atomic mass is 10.1. The molecule has 7 nitrogen and oxygen atoms in total. The molecule has 1 aliphatic rings. The molecule has 2 aromatic carbocycles. The molecular weight excluding hydrogens is 360 g/mol. The Morgan fingerprint density at radius 2 is 1.82 bits per heavy atom. The van der Waals surface area contributed by atoms with Gasteiger partial charge in [0.1, 0.15) is 18.1 Å². The van der Waals surface area contributed by atoms with E-state index in [-0.39, 0.29) is 23.8 Å². The van der Waals surface area contributed by atoms with Crippen LogP contribution in [0.25, 0.3) is 6.08 Å². The Morgan fingerprint density at radius 1 is 1.07 bits per heavy atom. The van der Waals surface area contributed by atoms with E-state index >= 15 is 0 Å². The van der Waals surface area contributed by atoms with Crippen LogP contribution in [0.3, 0.4) is 0 Å². The molecule has 0 amide bonds. The molecule has 4 rings (SSSR count). The van der Waals surface area contributed by atoms with Gasteiger partial charge in [-0.25, -0.2) is 0 Å². The first-order valence-electron chi connectivity index (χ1n) is 8.44. The number of allylic oxidation sites excluding steroid dienone is 1. The minimum absolute atomic E-state index is 0.0294. The molecule has 0 saturated heterocycles. The van der Waals surface area contributed by atoms with Crippen molar-refractivity contribution in [2.75, 3.05) is 0 Å². The Bertz CT molecular complexity index is 1080. The number of pyridine rings is 1. The van der Waals surface area contributed by atoms with Crippen LogP contribution in [0.2, 0.25) is 0 Å². The number of carbonyl (C=O) groups excluding carboxylic acids is 1. The van der Waals surface area contributed by atoms with Gasteiger partial charge in [-0.1, -0.05) is 0 Å². The van der Waals surface area contributed by atoms with Crippen LogP contribution in [0.15, 0.2) is 72.8 Å². The van der Waals surface area contributed by atoms with E-state index in [1.807, 2.05) is 0 Å². The molecule has 0 unspecified atom stereocenters. The first-order valence-corrected chi connectivity index (χ1v) is 8.44. The van der Waals surface area contributed by atoms with E-state index in [0.717, 1.165) is 11.1 Å². The topological polar surface area (TPSA) is 91.6 Å². The van der Waals surface area contributed by atoms with E-state index < -0.39 is 4.92 Å². The maximum absolute atomic E-state index is 12.5. The van der Waals surface area contributed by atoms with Gasteiger partial charge in [0, 0.05) is 30.6 Å². The molecular formula is C21H14N2O5. The zero-order chi connectivity index (χ0) is 19.5. The maximum atomic E-state index is 12.5. The highest BCUT2D eigenvalue weighted by Crippen LogP contribution is 2.35. The van der Waals surface area contributed by atoms with E-state index in [2.05, 4.69) is 4.98 Å². The molecule has 0 saturated carbocycles. The van der Waals surface area contributed by atoms with Gasteiger partial charge in [-0.2, -0.15) is 0 Å². The highest BCUT2D eigenvalue weighted by molar-refractivity contribution is 6.14. The fourth-order valence-electron chi connectivity index (χ4n) is 2.75. The van der Waals surface area contributed by atoms with Crippen LogP contribution in [-0.4, -0.2) is 15.7 Å². The van der Waals surface area contributed by atoms with Gasteiger partial charge >= 0.3 is 0 Å². The summed E-state index contributed by atoms with van der Waals surface area (Å²) in [6.07, 6.45) is 4.95. The Kier molecular flexibility index (Phi) is 4.55. The lowest BCUT2D eigenvalue weighted by molar-refractivity contribution is -0.384. The van der Waals surface area contributed by atoms with Crippen LogP contribution >= 0.6 is 0 Å². The Labute approximate surface area is 160 Å². The summed E-state index contributed by atoms with van der Waals surface area (Å²) in [7, 11) is 0. The number of non-ortho nitro benzene ring substituents is 1. The second-order valence-corrected chi connectivity index (χ2v) is 6.09. The minimum Gasteiger partial charge on any atom is -0.489 e. The summed E-state index contributed by atoms with van der Waals surface area (Å²) in [5.74, 6) is 1.03. The molecule has 28 heavy (non-hydrogen) atoms. The molecule has 0 aliphatic carbocycles. The second-order valence-electron chi connectivity index (χ2n) is 6.09. The molecule has 1 aliphatic heterocycles. The smallest absolute Gasteiger partial charge is 0.269 e. The highest BCUT2D eigenvalue weighted by Gasteiger charge is 2.27. The van der Waals surface area contributed by atoms with Crippen molar-refractivity contribution in [2.24, 2.45) is 0 Å². The molecule has 0 N–H and O–H groups in total. The molecule has 1 aromatic heterocycles. The third-order valence-corrected chi connectivity index (χ3v) is 4.20. The van der Waals surface area contributed by atoms with E-state index in [0.29, 0.717) is 17.1 Å². The largest absolute Gasteiger partial charge is 0.489 e. The number of ether oxygens (including phenoxy) is 2. The standard InChI is InChI=1S/C21H14N2O5/c24-21-18-6-5-17(27-13-15-1-3-16(4-2-15)23(25)26)12-19(18)28-20(21)11-14-7-9-22-10-8-14/h1-12H,13H2/b20-11-. The van der Waals surface area contributed by atoms with E-state index in [1.54, 1.807) is 60.9 Å². The third-order valence-electron chi connectivity index (χ3n) is 4.20. The van der Waals surface area contributed by atoms with E-state index in [9.17, 15) is 14.9 Å². The number of nitro benzene ring substituents is 1. The average molecular weight is 374 g/mol. The summed E-state index contributed by atoms with van der Waals surface area (Å²) in [6.45, 7) is 0.241. The molecule has 0 radical (unpaired) electrons. The normalized spacial score (nSPS) is 13.9. The van der Waals surface area contributed by atoms with Crippen LogP contribution in [-0.2, 0) is 6.61 Å². The summed E-state index contributed by atoms with van der Waals surface area (Å²) < 4.78 is 11.4. The Balaban J connectivity index is 1.47. The molecule has 138 valence electrons. The van der Waals surface area contributed by atoms with Crippen LogP contribution in [0.5, 0.6) is 11.5 Å². The highest BCUT2D eigenvalue weighted by atomic mass is 16.6. The number of hydrogen-bond donors (Lipinski definition) is 0. The van der Waals surface area contributed by atoms with Gasteiger partial charge in [0.15, 0.2) is 5.76 Å².